The zero-order chi connectivity index (χ0) is 17.1. The van der Waals surface area contributed by atoms with E-state index in [1.807, 2.05) is 12.3 Å². The van der Waals surface area contributed by atoms with Crippen molar-refractivity contribution in [2.75, 3.05) is 0 Å². The maximum atomic E-state index is 12.2. The quantitative estimate of drug-likeness (QED) is 0.878. The first-order valence-electron chi connectivity index (χ1n) is 7.43. The number of nitrogens with one attached hydrogen (secondary N) is 1. The molecule has 6 nitrogen and oxygen atoms in total. The lowest BCUT2D eigenvalue weighted by molar-refractivity contribution is -0.122. The van der Waals surface area contributed by atoms with Crippen LogP contribution in [0, 0.1) is 6.92 Å². The number of aromatic hydroxyl groups is 1. The average molecular weight is 335 g/mol. The minimum atomic E-state index is -0.402. The van der Waals surface area contributed by atoms with Crippen molar-refractivity contribution < 1.29 is 9.90 Å². The van der Waals surface area contributed by atoms with Gasteiger partial charge in [-0.1, -0.05) is 13.8 Å². The molecule has 0 saturated carbocycles. The zero-order valence-electron chi connectivity index (χ0n) is 13.7. The first-order valence-corrected chi connectivity index (χ1v) is 8.31. The van der Waals surface area contributed by atoms with Gasteiger partial charge in [0.05, 0.1) is 16.7 Å². The summed E-state index contributed by atoms with van der Waals surface area (Å²) < 4.78 is 1.32. The van der Waals surface area contributed by atoms with E-state index in [4.69, 9.17) is 0 Å². The van der Waals surface area contributed by atoms with E-state index in [9.17, 15) is 14.7 Å². The van der Waals surface area contributed by atoms with E-state index in [1.54, 1.807) is 18.3 Å². The van der Waals surface area contributed by atoms with Crippen molar-refractivity contribution in [2.24, 2.45) is 0 Å². The van der Waals surface area contributed by atoms with Crippen molar-refractivity contribution >= 4 is 17.2 Å². The molecule has 2 aromatic heterocycles. The minimum Gasteiger partial charge on any atom is -0.508 e. The van der Waals surface area contributed by atoms with E-state index in [-0.39, 0.29) is 24.2 Å². The summed E-state index contributed by atoms with van der Waals surface area (Å²) in [7, 11) is 0. The van der Waals surface area contributed by atoms with E-state index in [0.29, 0.717) is 11.6 Å². The molecule has 2 aromatic rings. The SMILES string of the molecule is Cc1cc(O)cc(=O)n1CC(=O)N[C@@H](C)c1csc(C(C)C)n1. The van der Waals surface area contributed by atoms with Gasteiger partial charge in [-0.25, -0.2) is 4.98 Å². The van der Waals surface area contributed by atoms with E-state index < -0.39 is 5.56 Å². The molecule has 0 saturated heterocycles. The van der Waals surface area contributed by atoms with Crippen LogP contribution in [0.15, 0.2) is 22.3 Å². The Hall–Kier alpha value is -2.15. The number of amides is 1. The molecule has 7 heteroatoms. The molecule has 1 atom stereocenters. The molecule has 0 aliphatic rings. The lowest BCUT2D eigenvalue weighted by atomic mass is 10.2. The second kappa shape index (κ2) is 6.95. The minimum absolute atomic E-state index is 0.0868. The van der Waals surface area contributed by atoms with Crippen LogP contribution < -0.4 is 10.9 Å². The molecule has 0 unspecified atom stereocenters. The molecule has 1 amide bonds. The smallest absolute Gasteiger partial charge is 0.254 e. The molecule has 2 N–H and O–H groups in total. The van der Waals surface area contributed by atoms with Crippen LogP contribution in [0.25, 0.3) is 0 Å². The number of aromatic nitrogens is 2. The molecule has 0 aromatic carbocycles. The lowest BCUT2D eigenvalue weighted by Crippen LogP contribution is -2.34. The van der Waals surface area contributed by atoms with E-state index in [0.717, 1.165) is 16.8 Å². The molecular weight excluding hydrogens is 314 g/mol. The molecule has 0 bridgehead atoms. The zero-order valence-corrected chi connectivity index (χ0v) is 14.5. The van der Waals surface area contributed by atoms with Gasteiger partial charge in [0.15, 0.2) is 0 Å². The van der Waals surface area contributed by atoms with Gasteiger partial charge in [0.1, 0.15) is 12.3 Å². The molecule has 124 valence electrons. The Kier molecular flexibility index (Phi) is 5.20. The van der Waals surface area contributed by atoms with Gasteiger partial charge < -0.3 is 15.0 Å². The number of carbonyl (C=O) groups excluding carboxylic acids is 1. The number of nitrogens with zero attached hydrogens (tertiary/aromatic N) is 2. The Balaban J connectivity index is 2.06. The highest BCUT2D eigenvalue weighted by Crippen LogP contribution is 2.22. The largest absolute Gasteiger partial charge is 0.508 e. The summed E-state index contributed by atoms with van der Waals surface area (Å²) in [6, 6.07) is 2.33. The molecule has 0 aliphatic carbocycles. The Morgan fingerprint density at radius 1 is 1.39 bits per heavy atom. The lowest BCUT2D eigenvalue weighted by Gasteiger charge is -2.14. The van der Waals surface area contributed by atoms with Gasteiger partial charge in [0, 0.05) is 23.1 Å². The Labute approximate surface area is 138 Å². The fraction of sp³-hybridized carbons (Fsp3) is 0.438. The number of pyridine rings is 1. The highest BCUT2D eigenvalue weighted by molar-refractivity contribution is 7.09. The summed E-state index contributed by atoms with van der Waals surface area (Å²) in [4.78, 5) is 28.5. The maximum Gasteiger partial charge on any atom is 0.254 e. The van der Waals surface area contributed by atoms with Gasteiger partial charge in [0.2, 0.25) is 5.91 Å². The Morgan fingerprint density at radius 2 is 2.09 bits per heavy atom. The number of hydrogen-bond donors (Lipinski definition) is 2. The van der Waals surface area contributed by atoms with Crippen LogP contribution in [0.3, 0.4) is 0 Å². The third-order valence-corrected chi connectivity index (χ3v) is 4.64. The van der Waals surface area contributed by atoms with Crippen LogP contribution in [0.2, 0.25) is 0 Å². The van der Waals surface area contributed by atoms with Crippen LogP contribution in [0.1, 0.15) is 49.1 Å². The predicted molar refractivity (Wildman–Crippen MR) is 89.9 cm³/mol. The summed E-state index contributed by atoms with van der Waals surface area (Å²) in [6.45, 7) is 7.60. The van der Waals surface area contributed by atoms with Gasteiger partial charge >= 0.3 is 0 Å². The van der Waals surface area contributed by atoms with Gasteiger partial charge in [-0.2, -0.15) is 0 Å². The second-order valence-corrected chi connectivity index (χ2v) is 6.72. The first kappa shape index (κ1) is 17.2. The second-order valence-electron chi connectivity index (χ2n) is 5.83. The van der Waals surface area contributed by atoms with Crippen molar-refractivity contribution in [3.8, 4) is 5.75 Å². The number of aryl methyl sites for hydroxylation is 1. The summed E-state index contributed by atoms with van der Waals surface area (Å²) in [6.07, 6.45) is 0. The first-order chi connectivity index (χ1) is 10.8. The van der Waals surface area contributed by atoms with Crippen molar-refractivity contribution in [3.05, 3.63) is 44.3 Å². The highest BCUT2D eigenvalue weighted by atomic mass is 32.1. The molecule has 0 aliphatic heterocycles. The van der Waals surface area contributed by atoms with Crippen LogP contribution in [-0.2, 0) is 11.3 Å². The van der Waals surface area contributed by atoms with E-state index in [2.05, 4.69) is 24.1 Å². The fourth-order valence-corrected chi connectivity index (χ4v) is 3.11. The Bertz CT molecular complexity index is 764. The number of carbonyl (C=O) groups is 1. The summed E-state index contributed by atoms with van der Waals surface area (Å²) >= 11 is 1.58. The standard InChI is InChI=1S/C16H21N3O3S/c1-9(2)16-18-13(8-23-16)11(4)17-14(21)7-19-10(3)5-12(20)6-15(19)22/h5-6,8-9,11,20H,7H2,1-4H3,(H,17,21)/t11-/m0/s1. The van der Waals surface area contributed by atoms with Crippen molar-refractivity contribution in [2.45, 2.75) is 46.2 Å². The molecule has 23 heavy (non-hydrogen) atoms. The predicted octanol–water partition coefficient (Wildman–Crippen LogP) is 2.32. The maximum absolute atomic E-state index is 12.2. The highest BCUT2D eigenvalue weighted by Gasteiger charge is 2.15. The number of rotatable bonds is 5. The normalized spacial score (nSPS) is 12.4. The number of thiazole rings is 1. The van der Waals surface area contributed by atoms with Crippen molar-refractivity contribution in [1.82, 2.24) is 14.9 Å². The third-order valence-electron chi connectivity index (χ3n) is 3.48. The molecule has 0 radical (unpaired) electrons. The van der Waals surface area contributed by atoms with Gasteiger partial charge in [-0.3, -0.25) is 9.59 Å². The van der Waals surface area contributed by atoms with Gasteiger partial charge in [-0.05, 0) is 19.9 Å². The third kappa shape index (κ3) is 4.19. The van der Waals surface area contributed by atoms with Crippen LogP contribution in [-0.4, -0.2) is 20.6 Å². The van der Waals surface area contributed by atoms with E-state index in [1.165, 1.54) is 10.6 Å². The van der Waals surface area contributed by atoms with Crippen LogP contribution >= 0.6 is 11.3 Å². The van der Waals surface area contributed by atoms with Crippen LogP contribution in [0.4, 0.5) is 0 Å². The monoisotopic (exact) mass is 335 g/mol. The fourth-order valence-electron chi connectivity index (χ4n) is 2.18. The molecule has 0 fully saturated rings. The average Bonchev–Trinajstić information content (AvgIpc) is 2.92. The van der Waals surface area contributed by atoms with Crippen molar-refractivity contribution in [1.29, 1.82) is 0 Å². The van der Waals surface area contributed by atoms with Crippen LogP contribution in [0.5, 0.6) is 5.75 Å². The summed E-state index contributed by atoms with van der Waals surface area (Å²) in [5.74, 6) is -0.0106. The van der Waals surface area contributed by atoms with Crippen molar-refractivity contribution in [3.63, 3.8) is 0 Å². The Morgan fingerprint density at radius 3 is 2.65 bits per heavy atom. The summed E-state index contributed by atoms with van der Waals surface area (Å²) in [5, 5.41) is 15.2. The van der Waals surface area contributed by atoms with Gasteiger partial charge in [-0.15, -0.1) is 11.3 Å². The topological polar surface area (TPSA) is 84.2 Å². The summed E-state index contributed by atoms with van der Waals surface area (Å²) in [5.41, 5.74) is 0.955. The molecular formula is C16H21N3O3S. The number of hydrogen-bond acceptors (Lipinski definition) is 5. The molecule has 0 spiro atoms. The van der Waals surface area contributed by atoms with Gasteiger partial charge in [0.25, 0.3) is 5.56 Å². The molecule has 2 rings (SSSR count). The molecule has 2 heterocycles. The van der Waals surface area contributed by atoms with E-state index >= 15 is 0 Å².